The van der Waals surface area contributed by atoms with Crippen molar-refractivity contribution in [3.05, 3.63) is 77.9 Å². The Morgan fingerprint density at radius 2 is 1.62 bits per heavy atom. The molecule has 0 aliphatic heterocycles. The van der Waals surface area contributed by atoms with Gasteiger partial charge in [0.25, 0.3) is 0 Å². The molecule has 2 aromatic rings. The third kappa shape index (κ3) is 4.62. The van der Waals surface area contributed by atoms with Crippen LogP contribution in [-0.4, -0.2) is 17.0 Å². The second kappa shape index (κ2) is 7.05. The number of rotatable bonds is 5. The molecule has 0 heterocycles. The molecule has 0 bridgehead atoms. The molecule has 0 aliphatic rings. The van der Waals surface area contributed by atoms with E-state index in [1.54, 1.807) is 12.1 Å². The lowest BCUT2D eigenvalue weighted by atomic mass is 10.0. The van der Waals surface area contributed by atoms with Crippen molar-refractivity contribution in [1.82, 2.24) is 0 Å². The Hall–Kier alpha value is -2.88. The lowest BCUT2D eigenvalue weighted by molar-refractivity contribution is -0.133. The van der Waals surface area contributed by atoms with E-state index in [2.05, 4.69) is 0 Å². The molecule has 2 rings (SSSR count). The molecule has 4 nitrogen and oxygen atoms in total. The van der Waals surface area contributed by atoms with Crippen LogP contribution in [0.5, 0.6) is 5.75 Å². The van der Waals surface area contributed by atoms with Crippen molar-refractivity contribution < 1.29 is 19.4 Å². The Morgan fingerprint density at radius 3 is 2.33 bits per heavy atom. The molecule has 0 saturated heterocycles. The van der Waals surface area contributed by atoms with E-state index >= 15 is 0 Å². The van der Waals surface area contributed by atoms with Gasteiger partial charge in [0.15, 0.2) is 0 Å². The zero-order chi connectivity index (χ0) is 15.1. The van der Waals surface area contributed by atoms with E-state index in [4.69, 9.17) is 9.84 Å². The highest BCUT2D eigenvalue weighted by atomic mass is 16.5. The van der Waals surface area contributed by atoms with Crippen LogP contribution < -0.4 is 4.74 Å². The van der Waals surface area contributed by atoms with Gasteiger partial charge in [0.2, 0.25) is 0 Å². The van der Waals surface area contributed by atoms with Gasteiger partial charge in [-0.25, -0.2) is 9.59 Å². The van der Waals surface area contributed by atoms with Crippen molar-refractivity contribution in [3.63, 3.8) is 0 Å². The highest BCUT2D eigenvalue weighted by Crippen LogP contribution is 2.21. The summed E-state index contributed by atoms with van der Waals surface area (Å²) in [6.07, 6.45) is 2.27. The molecule has 0 saturated carbocycles. The van der Waals surface area contributed by atoms with Gasteiger partial charge in [0.1, 0.15) is 5.75 Å². The zero-order valence-corrected chi connectivity index (χ0v) is 11.2. The van der Waals surface area contributed by atoms with Gasteiger partial charge in [0, 0.05) is 18.6 Å². The summed E-state index contributed by atoms with van der Waals surface area (Å²) in [4.78, 5) is 21.9. The third-order valence-electron chi connectivity index (χ3n) is 2.78. The Morgan fingerprint density at radius 1 is 0.952 bits per heavy atom. The van der Waals surface area contributed by atoms with Crippen LogP contribution in [0.15, 0.2) is 66.7 Å². The molecule has 2 aromatic carbocycles. The summed E-state index contributed by atoms with van der Waals surface area (Å²) in [6.45, 7) is 0. The molecular weight excluding hydrogens is 268 g/mol. The van der Waals surface area contributed by atoms with Crippen LogP contribution >= 0.6 is 0 Å². The zero-order valence-electron chi connectivity index (χ0n) is 11.2. The van der Waals surface area contributed by atoms with Crippen LogP contribution in [0.1, 0.15) is 11.1 Å². The van der Waals surface area contributed by atoms with E-state index in [0.717, 1.165) is 23.3 Å². The molecule has 0 fully saturated rings. The Labute approximate surface area is 122 Å². The number of carbonyl (C=O) groups excluding carboxylic acids is 1. The van der Waals surface area contributed by atoms with Gasteiger partial charge in [-0.3, -0.25) is 0 Å². The molecular formula is C17H14O4. The number of hydrogen-bond acceptors (Lipinski definition) is 3. The lowest BCUT2D eigenvalue weighted by Crippen LogP contribution is -2.07. The summed E-state index contributed by atoms with van der Waals surface area (Å²) in [5.41, 5.74) is 1.96. The molecule has 0 radical (unpaired) electrons. The highest BCUT2D eigenvalue weighted by molar-refractivity contribution is 5.91. The molecule has 0 unspecified atom stereocenters. The van der Waals surface area contributed by atoms with Crippen molar-refractivity contribution in [3.8, 4) is 5.75 Å². The van der Waals surface area contributed by atoms with Crippen LogP contribution in [0.3, 0.4) is 0 Å². The summed E-state index contributed by atoms with van der Waals surface area (Å²) in [6, 6.07) is 17.0. The van der Waals surface area contributed by atoms with E-state index in [-0.39, 0.29) is 0 Å². The molecule has 0 aliphatic carbocycles. The van der Waals surface area contributed by atoms with Gasteiger partial charge in [-0.05, 0) is 17.2 Å². The fourth-order valence-corrected chi connectivity index (χ4v) is 1.85. The minimum absolute atomic E-state index is 0.432. The first-order valence-corrected chi connectivity index (χ1v) is 6.40. The largest absolute Gasteiger partial charge is 0.478 e. The highest BCUT2D eigenvalue weighted by Gasteiger charge is 2.07. The van der Waals surface area contributed by atoms with Crippen LogP contribution in [0.2, 0.25) is 0 Å². The predicted molar refractivity (Wildman–Crippen MR) is 78.1 cm³/mol. The molecule has 0 amide bonds. The smallest absolute Gasteiger partial charge is 0.336 e. The fourth-order valence-electron chi connectivity index (χ4n) is 1.85. The van der Waals surface area contributed by atoms with Gasteiger partial charge < -0.3 is 9.84 Å². The Balaban J connectivity index is 2.14. The second-order valence-electron chi connectivity index (χ2n) is 4.36. The summed E-state index contributed by atoms with van der Waals surface area (Å²) in [5.74, 6) is -1.47. The summed E-state index contributed by atoms with van der Waals surface area (Å²) in [5, 5.41) is 8.48. The van der Waals surface area contributed by atoms with Crippen molar-refractivity contribution >= 4 is 11.9 Å². The van der Waals surface area contributed by atoms with Crippen LogP contribution in [0.25, 0.3) is 0 Å². The molecule has 1 N–H and O–H groups in total. The fraction of sp³-hybridized carbons (Fsp3) is 0.0588. The SMILES string of the molecule is O=C(O)/C=C\C(=O)Oc1ccccc1Cc1ccccc1. The van der Waals surface area contributed by atoms with Crippen molar-refractivity contribution in [2.45, 2.75) is 6.42 Å². The van der Waals surface area contributed by atoms with Gasteiger partial charge in [-0.15, -0.1) is 0 Å². The number of carbonyl (C=O) groups is 2. The maximum Gasteiger partial charge on any atom is 0.336 e. The number of hydrogen-bond donors (Lipinski definition) is 1. The average molecular weight is 282 g/mol. The number of carboxylic acid groups (broad SMARTS) is 1. The van der Waals surface area contributed by atoms with E-state index < -0.39 is 11.9 Å². The topological polar surface area (TPSA) is 63.6 Å². The maximum absolute atomic E-state index is 11.5. The average Bonchev–Trinajstić information content (AvgIpc) is 2.48. The van der Waals surface area contributed by atoms with Crippen LogP contribution in [0, 0.1) is 0 Å². The quantitative estimate of drug-likeness (QED) is 0.520. The number of esters is 1. The summed E-state index contributed by atoms with van der Waals surface area (Å²) >= 11 is 0. The summed E-state index contributed by atoms with van der Waals surface area (Å²) in [7, 11) is 0. The minimum atomic E-state index is -1.19. The molecule has 0 spiro atoms. The van der Waals surface area contributed by atoms with Gasteiger partial charge in [-0.1, -0.05) is 48.5 Å². The molecule has 21 heavy (non-hydrogen) atoms. The second-order valence-corrected chi connectivity index (χ2v) is 4.36. The van der Waals surface area contributed by atoms with E-state index in [1.165, 1.54) is 0 Å². The Bertz CT molecular complexity index is 660. The summed E-state index contributed by atoms with van der Waals surface area (Å²) < 4.78 is 5.18. The maximum atomic E-state index is 11.5. The first-order chi connectivity index (χ1) is 10.1. The number of benzene rings is 2. The van der Waals surface area contributed by atoms with Crippen molar-refractivity contribution in [2.24, 2.45) is 0 Å². The number of ether oxygens (including phenoxy) is 1. The standard InChI is InChI=1S/C17H14O4/c18-16(19)10-11-17(20)21-15-9-5-4-8-14(15)12-13-6-2-1-3-7-13/h1-11H,12H2,(H,18,19)/b11-10-. The number of aliphatic carboxylic acids is 1. The molecule has 0 atom stereocenters. The van der Waals surface area contributed by atoms with Crippen LogP contribution in [0.4, 0.5) is 0 Å². The lowest BCUT2D eigenvalue weighted by Gasteiger charge is -2.08. The van der Waals surface area contributed by atoms with E-state index in [9.17, 15) is 9.59 Å². The minimum Gasteiger partial charge on any atom is -0.478 e. The van der Waals surface area contributed by atoms with Gasteiger partial charge in [-0.2, -0.15) is 0 Å². The normalized spacial score (nSPS) is 10.5. The molecule has 106 valence electrons. The third-order valence-corrected chi connectivity index (χ3v) is 2.78. The van der Waals surface area contributed by atoms with E-state index in [0.29, 0.717) is 12.2 Å². The number of para-hydroxylation sites is 1. The van der Waals surface area contributed by atoms with Crippen LogP contribution in [-0.2, 0) is 16.0 Å². The molecule has 4 heteroatoms. The molecule has 0 aromatic heterocycles. The van der Waals surface area contributed by atoms with E-state index in [1.807, 2.05) is 42.5 Å². The monoisotopic (exact) mass is 282 g/mol. The first kappa shape index (κ1) is 14.5. The van der Waals surface area contributed by atoms with Crippen molar-refractivity contribution in [2.75, 3.05) is 0 Å². The Kier molecular flexibility index (Phi) is 4.88. The number of carboxylic acids is 1. The first-order valence-electron chi connectivity index (χ1n) is 6.40. The van der Waals surface area contributed by atoms with Crippen molar-refractivity contribution in [1.29, 1.82) is 0 Å². The van der Waals surface area contributed by atoms with Gasteiger partial charge >= 0.3 is 11.9 Å². The predicted octanol–water partition coefficient (Wildman–Crippen LogP) is 2.82. The van der Waals surface area contributed by atoms with Gasteiger partial charge in [0.05, 0.1) is 0 Å².